The molecule has 1 unspecified atom stereocenters. The predicted octanol–water partition coefficient (Wildman–Crippen LogP) is 0.649. The summed E-state index contributed by atoms with van der Waals surface area (Å²) in [5, 5.41) is 3.06. The minimum Gasteiger partial charge on any atom is -0.376 e. The second kappa shape index (κ2) is 4.63. The molecule has 1 aromatic rings. The largest absolute Gasteiger partial charge is 0.376 e. The molecule has 0 aromatic carbocycles. The number of nitrogens with one attached hydrogen (secondary N) is 1. The summed E-state index contributed by atoms with van der Waals surface area (Å²) in [5.41, 5.74) is 1.01. The lowest BCUT2D eigenvalue weighted by Gasteiger charge is -2.23. The Hall–Kier alpha value is -1.07. The summed E-state index contributed by atoms with van der Waals surface area (Å²) in [6.45, 7) is 4.83. The molecule has 1 atom stereocenters. The Labute approximate surface area is 89.4 Å². The lowest BCUT2D eigenvalue weighted by Crippen LogP contribution is -2.32. The first-order valence-corrected chi connectivity index (χ1v) is 5.20. The van der Waals surface area contributed by atoms with Gasteiger partial charge in [0.05, 0.1) is 38.2 Å². The van der Waals surface area contributed by atoms with E-state index in [2.05, 4.69) is 14.9 Å². The van der Waals surface area contributed by atoms with Gasteiger partial charge in [-0.1, -0.05) is 0 Å². The van der Waals surface area contributed by atoms with Crippen LogP contribution in [0.25, 0.3) is 0 Å². The maximum Gasteiger partial charge on any atom is 0.202 e. The lowest BCUT2D eigenvalue weighted by atomic mass is 10.3. The van der Waals surface area contributed by atoms with Crippen molar-refractivity contribution in [3.63, 3.8) is 0 Å². The third-order valence-corrected chi connectivity index (χ3v) is 2.41. The van der Waals surface area contributed by atoms with Gasteiger partial charge in [-0.15, -0.1) is 0 Å². The molecule has 1 N–H and O–H groups in total. The molecule has 2 rings (SSSR count). The van der Waals surface area contributed by atoms with E-state index >= 15 is 0 Å². The van der Waals surface area contributed by atoms with Crippen LogP contribution in [-0.4, -0.2) is 42.5 Å². The van der Waals surface area contributed by atoms with E-state index in [-0.39, 0.29) is 6.10 Å². The molecule has 0 bridgehead atoms. The molecule has 1 aliphatic heterocycles. The van der Waals surface area contributed by atoms with Crippen LogP contribution in [0.5, 0.6) is 0 Å². The van der Waals surface area contributed by atoms with E-state index in [1.54, 1.807) is 0 Å². The molecule has 2 heterocycles. The molecule has 84 valence electrons. The van der Waals surface area contributed by atoms with Gasteiger partial charge >= 0.3 is 0 Å². The van der Waals surface area contributed by atoms with Crippen molar-refractivity contribution >= 4 is 5.95 Å². The number of anilines is 1. The summed E-state index contributed by atoms with van der Waals surface area (Å²) < 4.78 is 13.0. The van der Waals surface area contributed by atoms with Crippen LogP contribution in [0.1, 0.15) is 5.69 Å². The summed E-state index contributed by atoms with van der Waals surface area (Å²) >= 11 is 0. The second-order valence-corrected chi connectivity index (χ2v) is 3.68. The van der Waals surface area contributed by atoms with Gasteiger partial charge in [0.2, 0.25) is 5.95 Å². The van der Waals surface area contributed by atoms with E-state index < -0.39 is 0 Å². The van der Waals surface area contributed by atoms with E-state index in [1.807, 2.05) is 20.2 Å². The van der Waals surface area contributed by atoms with Crippen molar-refractivity contribution < 1.29 is 9.47 Å². The quantitative estimate of drug-likeness (QED) is 0.797. The number of nitrogens with zero attached hydrogens (tertiary/aromatic N) is 2. The summed E-state index contributed by atoms with van der Waals surface area (Å²) in [6, 6.07) is 0. The van der Waals surface area contributed by atoms with Gasteiger partial charge in [0.1, 0.15) is 0 Å². The van der Waals surface area contributed by atoms with Gasteiger partial charge in [-0.05, 0) is 6.92 Å². The maximum absolute atomic E-state index is 5.59. The van der Waals surface area contributed by atoms with Gasteiger partial charge < -0.3 is 19.4 Å². The Morgan fingerprint density at radius 1 is 1.60 bits per heavy atom. The SMILES string of the molecule is CNc1nc(C)cn1CC1COCCO1. The second-order valence-electron chi connectivity index (χ2n) is 3.68. The number of aryl methyl sites for hydroxylation is 1. The van der Waals surface area contributed by atoms with Crippen LogP contribution in [0.2, 0.25) is 0 Å². The Bertz CT molecular complexity index is 318. The fourth-order valence-electron chi connectivity index (χ4n) is 1.75. The zero-order valence-corrected chi connectivity index (χ0v) is 9.19. The Morgan fingerprint density at radius 3 is 3.13 bits per heavy atom. The first-order valence-electron chi connectivity index (χ1n) is 5.20. The zero-order valence-electron chi connectivity index (χ0n) is 9.19. The summed E-state index contributed by atoms with van der Waals surface area (Å²) in [7, 11) is 1.87. The predicted molar refractivity (Wildman–Crippen MR) is 57.1 cm³/mol. The highest BCUT2D eigenvalue weighted by Crippen LogP contribution is 2.11. The average Bonchev–Trinajstić information content (AvgIpc) is 2.60. The van der Waals surface area contributed by atoms with Crippen molar-refractivity contribution in [3.05, 3.63) is 11.9 Å². The van der Waals surface area contributed by atoms with Gasteiger partial charge in [0.25, 0.3) is 0 Å². The smallest absolute Gasteiger partial charge is 0.202 e. The highest BCUT2D eigenvalue weighted by atomic mass is 16.6. The van der Waals surface area contributed by atoms with E-state index in [4.69, 9.17) is 9.47 Å². The number of hydrogen-bond acceptors (Lipinski definition) is 4. The summed E-state index contributed by atoms with van der Waals surface area (Å²) in [6.07, 6.45) is 2.16. The molecule has 1 aromatic heterocycles. The van der Waals surface area contributed by atoms with Crippen LogP contribution in [-0.2, 0) is 16.0 Å². The fraction of sp³-hybridized carbons (Fsp3) is 0.700. The van der Waals surface area contributed by atoms with Crippen molar-refractivity contribution in [2.45, 2.75) is 19.6 Å². The van der Waals surface area contributed by atoms with E-state index in [0.29, 0.717) is 19.8 Å². The third-order valence-electron chi connectivity index (χ3n) is 2.41. The number of ether oxygens (including phenoxy) is 2. The van der Waals surface area contributed by atoms with E-state index in [1.165, 1.54) is 0 Å². The number of hydrogen-bond donors (Lipinski definition) is 1. The van der Waals surface area contributed by atoms with Crippen LogP contribution in [0, 0.1) is 6.92 Å². The molecule has 5 heteroatoms. The van der Waals surface area contributed by atoms with Crippen molar-refractivity contribution in [2.75, 3.05) is 32.2 Å². The summed E-state index contributed by atoms with van der Waals surface area (Å²) in [4.78, 5) is 4.35. The Balaban J connectivity index is 2.02. The Kier molecular flexibility index (Phi) is 3.23. The third kappa shape index (κ3) is 2.49. The number of rotatable bonds is 3. The van der Waals surface area contributed by atoms with Crippen molar-refractivity contribution in [1.29, 1.82) is 0 Å². The first-order chi connectivity index (χ1) is 7.29. The van der Waals surface area contributed by atoms with E-state index in [0.717, 1.165) is 18.2 Å². The zero-order chi connectivity index (χ0) is 10.7. The first kappa shape index (κ1) is 10.4. The highest BCUT2D eigenvalue weighted by molar-refractivity contribution is 5.27. The molecule has 1 aliphatic rings. The van der Waals surface area contributed by atoms with Crippen LogP contribution >= 0.6 is 0 Å². The van der Waals surface area contributed by atoms with Gasteiger partial charge in [0.15, 0.2) is 0 Å². The minimum atomic E-state index is 0.138. The molecule has 0 saturated carbocycles. The van der Waals surface area contributed by atoms with Crippen LogP contribution in [0.4, 0.5) is 5.95 Å². The number of aromatic nitrogens is 2. The molecular formula is C10H17N3O2. The molecule has 1 fully saturated rings. The van der Waals surface area contributed by atoms with Crippen molar-refractivity contribution in [2.24, 2.45) is 0 Å². The number of imidazole rings is 1. The van der Waals surface area contributed by atoms with Crippen molar-refractivity contribution in [1.82, 2.24) is 9.55 Å². The summed E-state index contributed by atoms with van der Waals surface area (Å²) in [5.74, 6) is 0.877. The van der Waals surface area contributed by atoms with Gasteiger partial charge in [-0.3, -0.25) is 0 Å². The molecule has 0 amide bonds. The molecular weight excluding hydrogens is 194 g/mol. The van der Waals surface area contributed by atoms with Crippen LogP contribution in [0.15, 0.2) is 6.20 Å². The molecule has 0 aliphatic carbocycles. The van der Waals surface area contributed by atoms with Gasteiger partial charge in [-0.2, -0.15) is 0 Å². The molecule has 1 saturated heterocycles. The normalized spacial score (nSPS) is 21.6. The van der Waals surface area contributed by atoms with E-state index in [9.17, 15) is 0 Å². The van der Waals surface area contributed by atoms with Crippen LogP contribution < -0.4 is 5.32 Å². The van der Waals surface area contributed by atoms with Crippen molar-refractivity contribution in [3.8, 4) is 0 Å². The topological polar surface area (TPSA) is 48.3 Å². The monoisotopic (exact) mass is 211 g/mol. The van der Waals surface area contributed by atoms with Crippen LogP contribution in [0.3, 0.4) is 0 Å². The highest BCUT2D eigenvalue weighted by Gasteiger charge is 2.16. The van der Waals surface area contributed by atoms with Gasteiger partial charge in [0, 0.05) is 13.2 Å². The minimum absolute atomic E-state index is 0.138. The van der Waals surface area contributed by atoms with Gasteiger partial charge in [-0.25, -0.2) is 4.98 Å². The standard InChI is InChI=1S/C10H17N3O2/c1-8-5-13(10(11-2)12-8)6-9-7-14-3-4-15-9/h5,9H,3-4,6-7H2,1-2H3,(H,11,12). The molecule has 0 spiro atoms. The Morgan fingerprint density at radius 2 is 2.47 bits per heavy atom. The maximum atomic E-state index is 5.59. The molecule has 15 heavy (non-hydrogen) atoms. The molecule has 5 nitrogen and oxygen atoms in total. The molecule has 0 radical (unpaired) electrons. The fourth-order valence-corrected chi connectivity index (χ4v) is 1.75. The lowest BCUT2D eigenvalue weighted by molar-refractivity contribution is -0.0934. The average molecular weight is 211 g/mol.